The molecule has 0 aliphatic heterocycles. The van der Waals surface area contributed by atoms with E-state index in [0.29, 0.717) is 0 Å². The van der Waals surface area contributed by atoms with Gasteiger partial charge in [-0.05, 0) is 11.1 Å². The van der Waals surface area contributed by atoms with Crippen LogP contribution in [0, 0.1) is 11.8 Å². The summed E-state index contributed by atoms with van der Waals surface area (Å²) >= 11 is 4.85. The summed E-state index contributed by atoms with van der Waals surface area (Å²) < 4.78 is 0. The fourth-order valence-corrected chi connectivity index (χ4v) is 1.66. The number of tetrazole rings is 1. The Labute approximate surface area is 98.4 Å². The monoisotopic (exact) mass is 242 g/mol. The highest BCUT2D eigenvalue weighted by atomic mass is 32.1. The van der Waals surface area contributed by atoms with Crippen molar-refractivity contribution >= 4 is 29.1 Å². The maximum absolute atomic E-state index is 11.8. The van der Waals surface area contributed by atoms with Crippen molar-refractivity contribution in [3.8, 4) is 0 Å². The first-order valence-electron chi connectivity index (χ1n) is 4.76. The summed E-state index contributed by atoms with van der Waals surface area (Å²) in [6.07, 6.45) is 0. The summed E-state index contributed by atoms with van der Waals surface area (Å²) in [5.74, 6) is -0.669. The van der Waals surface area contributed by atoms with Crippen LogP contribution in [0.25, 0.3) is 0 Å². The molecule has 0 saturated carbocycles. The molecule has 3 N–H and O–H groups in total. The molecule has 88 valence electrons. The lowest BCUT2D eigenvalue weighted by Crippen LogP contribution is -2.37. The van der Waals surface area contributed by atoms with Crippen LogP contribution < -0.4 is 11.1 Å². The van der Waals surface area contributed by atoms with Gasteiger partial charge in [-0.2, -0.15) is 4.80 Å². The minimum atomic E-state index is -0.529. The number of aromatic nitrogens is 4. The molecule has 0 aromatic carbocycles. The van der Waals surface area contributed by atoms with E-state index in [2.05, 4.69) is 20.7 Å². The average Bonchev–Trinajstić information content (AvgIpc) is 2.49. The second-order valence-corrected chi connectivity index (χ2v) is 4.19. The van der Waals surface area contributed by atoms with Gasteiger partial charge in [0.1, 0.15) is 0 Å². The molecular weight excluding hydrogens is 228 g/mol. The standard InChI is InChI=1S/C8H14N6OS/c1-4(2)5(6(9)16)7(15)10-8-11-13-14(3)12-8/h4-5H,1-3H3,(H2,9,16)(H,10,12,15). The van der Waals surface area contributed by atoms with Crippen LogP contribution in [0.4, 0.5) is 5.95 Å². The highest BCUT2D eigenvalue weighted by Gasteiger charge is 2.25. The van der Waals surface area contributed by atoms with Crippen LogP contribution in [-0.4, -0.2) is 31.1 Å². The van der Waals surface area contributed by atoms with Gasteiger partial charge in [0.25, 0.3) is 5.95 Å². The third kappa shape index (κ3) is 2.96. The molecule has 0 fully saturated rings. The van der Waals surface area contributed by atoms with Gasteiger partial charge < -0.3 is 5.73 Å². The van der Waals surface area contributed by atoms with Gasteiger partial charge in [0.2, 0.25) is 5.91 Å². The molecule has 0 saturated heterocycles. The SMILES string of the molecule is CC(C)C(C(=O)Nc1nnn(C)n1)C(N)=S. The molecule has 1 aromatic heterocycles. The maximum Gasteiger partial charge on any atom is 0.270 e. The molecule has 1 aromatic rings. The predicted molar refractivity (Wildman–Crippen MR) is 62.5 cm³/mol. The smallest absolute Gasteiger partial charge is 0.270 e. The molecule has 16 heavy (non-hydrogen) atoms. The van der Waals surface area contributed by atoms with Crippen LogP contribution in [0.3, 0.4) is 0 Å². The number of aryl methyl sites for hydroxylation is 1. The number of nitrogens with zero attached hydrogens (tertiary/aromatic N) is 4. The van der Waals surface area contributed by atoms with Crippen molar-refractivity contribution in [3.05, 3.63) is 0 Å². The second-order valence-electron chi connectivity index (χ2n) is 3.72. The molecular formula is C8H14N6OS. The molecule has 0 bridgehead atoms. The average molecular weight is 242 g/mol. The molecule has 0 aliphatic rings. The number of hydrogen-bond donors (Lipinski definition) is 2. The van der Waals surface area contributed by atoms with Crippen molar-refractivity contribution in [2.45, 2.75) is 13.8 Å². The van der Waals surface area contributed by atoms with Gasteiger partial charge in [0.15, 0.2) is 0 Å². The Morgan fingerprint density at radius 3 is 2.56 bits per heavy atom. The van der Waals surface area contributed by atoms with Crippen LogP contribution in [0.15, 0.2) is 0 Å². The quantitative estimate of drug-likeness (QED) is 0.704. The Kier molecular flexibility index (Phi) is 3.88. The van der Waals surface area contributed by atoms with Crippen molar-refractivity contribution in [1.29, 1.82) is 0 Å². The number of amides is 1. The van der Waals surface area contributed by atoms with Crippen molar-refractivity contribution in [2.24, 2.45) is 24.6 Å². The molecule has 1 rings (SSSR count). The zero-order valence-corrected chi connectivity index (χ0v) is 10.2. The van der Waals surface area contributed by atoms with Crippen molar-refractivity contribution in [3.63, 3.8) is 0 Å². The van der Waals surface area contributed by atoms with E-state index in [4.69, 9.17) is 18.0 Å². The summed E-state index contributed by atoms with van der Waals surface area (Å²) in [4.78, 5) is 13.2. The van der Waals surface area contributed by atoms with Crippen molar-refractivity contribution in [2.75, 3.05) is 5.32 Å². The molecule has 8 heteroatoms. The number of thiocarbonyl (C=S) groups is 1. The van der Waals surface area contributed by atoms with Gasteiger partial charge in [0.05, 0.1) is 18.0 Å². The first kappa shape index (κ1) is 12.5. The van der Waals surface area contributed by atoms with Crippen molar-refractivity contribution < 1.29 is 4.79 Å². The van der Waals surface area contributed by atoms with Gasteiger partial charge >= 0.3 is 0 Å². The number of anilines is 1. The largest absolute Gasteiger partial charge is 0.393 e. The Hall–Kier alpha value is -1.57. The minimum absolute atomic E-state index is 0.0224. The van der Waals surface area contributed by atoms with E-state index in [1.54, 1.807) is 7.05 Å². The highest BCUT2D eigenvalue weighted by Crippen LogP contribution is 2.13. The van der Waals surface area contributed by atoms with Crippen LogP contribution >= 0.6 is 12.2 Å². The Bertz CT molecular complexity index is 401. The van der Waals surface area contributed by atoms with E-state index < -0.39 is 5.92 Å². The van der Waals surface area contributed by atoms with Crippen LogP contribution in [0.5, 0.6) is 0 Å². The molecule has 0 radical (unpaired) electrons. The Balaban J connectivity index is 2.73. The Morgan fingerprint density at radius 2 is 2.19 bits per heavy atom. The third-order valence-corrected chi connectivity index (χ3v) is 2.25. The molecule has 1 atom stereocenters. The van der Waals surface area contributed by atoms with Crippen molar-refractivity contribution in [1.82, 2.24) is 20.2 Å². The lowest BCUT2D eigenvalue weighted by molar-refractivity contribution is -0.118. The second kappa shape index (κ2) is 4.97. The maximum atomic E-state index is 11.8. The van der Waals surface area contributed by atoms with Crippen LogP contribution in [0.1, 0.15) is 13.8 Å². The number of carbonyl (C=O) groups is 1. The predicted octanol–water partition coefficient (Wildman–Crippen LogP) is -0.293. The normalized spacial score (nSPS) is 12.5. The summed E-state index contributed by atoms with van der Waals surface area (Å²) in [5, 5.41) is 13.6. The van der Waals surface area contributed by atoms with Gasteiger partial charge in [-0.15, -0.1) is 5.10 Å². The van der Waals surface area contributed by atoms with E-state index in [9.17, 15) is 4.79 Å². The Morgan fingerprint density at radius 1 is 1.56 bits per heavy atom. The molecule has 0 aliphatic carbocycles. The van der Waals surface area contributed by atoms with E-state index in [1.807, 2.05) is 13.8 Å². The van der Waals surface area contributed by atoms with E-state index in [0.717, 1.165) is 0 Å². The lowest BCUT2D eigenvalue weighted by atomic mass is 9.95. The van der Waals surface area contributed by atoms with Gasteiger partial charge in [0, 0.05) is 0 Å². The third-order valence-electron chi connectivity index (χ3n) is 2.00. The van der Waals surface area contributed by atoms with E-state index >= 15 is 0 Å². The fourth-order valence-electron chi connectivity index (χ4n) is 1.28. The van der Waals surface area contributed by atoms with Crippen LogP contribution in [-0.2, 0) is 11.8 Å². The zero-order valence-electron chi connectivity index (χ0n) is 9.34. The molecule has 0 spiro atoms. The van der Waals surface area contributed by atoms with Gasteiger partial charge in [-0.25, -0.2) is 0 Å². The molecule has 1 amide bonds. The number of hydrogen-bond acceptors (Lipinski definition) is 5. The minimum Gasteiger partial charge on any atom is -0.393 e. The summed E-state index contributed by atoms with van der Waals surface area (Å²) in [6.45, 7) is 3.74. The van der Waals surface area contributed by atoms with E-state index in [1.165, 1.54) is 4.80 Å². The first-order valence-corrected chi connectivity index (χ1v) is 5.16. The molecule has 7 nitrogen and oxygen atoms in total. The van der Waals surface area contributed by atoms with Crippen LogP contribution in [0.2, 0.25) is 0 Å². The first-order chi connectivity index (χ1) is 7.41. The van der Waals surface area contributed by atoms with Gasteiger partial charge in [-0.1, -0.05) is 31.2 Å². The number of nitrogens with two attached hydrogens (primary N) is 1. The van der Waals surface area contributed by atoms with Gasteiger partial charge in [-0.3, -0.25) is 10.1 Å². The molecule has 1 heterocycles. The zero-order chi connectivity index (χ0) is 12.3. The number of rotatable bonds is 4. The summed E-state index contributed by atoms with van der Waals surface area (Å²) in [6, 6.07) is 0. The topological polar surface area (TPSA) is 98.7 Å². The molecule has 1 unspecified atom stereocenters. The summed E-state index contributed by atoms with van der Waals surface area (Å²) in [5.41, 5.74) is 5.51. The fraction of sp³-hybridized carbons (Fsp3) is 0.625. The lowest BCUT2D eigenvalue weighted by Gasteiger charge is -2.17. The number of nitrogens with one attached hydrogen (secondary N) is 1. The highest BCUT2D eigenvalue weighted by molar-refractivity contribution is 7.80. The summed E-state index contributed by atoms with van der Waals surface area (Å²) in [7, 11) is 1.61. The number of carbonyl (C=O) groups excluding carboxylic acids is 1. The van der Waals surface area contributed by atoms with E-state index in [-0.39, 0.29) is 22.8 Å².